The van der Waals surface area contributed by atoms with Crippen molar-refractivity contribution in [3.8, 4) is 0 Å². The fourth-order valence-corrected chi connectivity index (χ4v) is 4.83. The molecule has 4 nitrogen and oxygen atoms in total. The van der Waals surface area contributed by atoms with Crippen LogP contribution in [0.25, 0.3) is 5.53 Å². The number of rotatable bonds is 5. The lowest BCUT2D eigenvalue weighted by atomic mass is 9.58. The van der Waals surface area contributed by atoms with E-state index in [1.54, 1.807) is 6.92 Å². The van der Waals surface area contributed by atoms with Gasteiger partial charge >= 0.3 is 5.71 Å². The first kappa shape index (κ1) is 22.0. The molecule has 0 amide bonds. The molecular formula is C20H36N2O2Si. The van der Waals surface area contributed by atoms with E-state index in [1.165, 1.54) is 0 Å². The Morgan fingerprint density at radius 3 is 2.32 bits per heavy atom. The van der Waals surface area contributed by atoms with Crippen molar-refractivity contribution in [1.29, 1.82) is 0 Å². The second-order valence-electron chi connectivity index (χ2n) is 9.97. The minimum Gasteiger partial charge on any atom is -0.413 e. The van der Waals surface area contributed by atoms with Gasteiger partial charge in [-0.1, -0.05) is 53.7 Å². The molecule has 0 aromatic carbocycles. The monoisotopic (exact) mass is 364 g/mol. The topological polar surface area (TPSA) is 62.7 Å². The predicted molar refractivity (Wildman–Crippen MR) is 106 cm³/mol. The molecule has 1 fully saturated rings. The molecule has 25 heavy (non-hydrogen) atoms. The Morgan fingerprint density at radius 2 is 1.88 bits per heavy atom. The zero-order valence-electron chi connectivity index (χ0n) is 17.6. The minimum absolute atomic E-state index is 0.0351. The molecule has 0 aromatic heterocycles. The highest BCUT2D eigenvalue weighted by atomic mass is 28.4. The van der Waals surface area contributed by atoms with Crippen molar-refractivity contribution < 1.29 is 14.0 Å². The van der Waals surface area contributed by atoms with Gasteiger partial charge in [0.25, 0.3) is 0 Å². The number of hydrogen-bond acceptors (Lipinski definition) is 2. The first-order chi connectivity index (χ1) is 11.1. The maximum absolute atomic E-state index is 12.5. The van der Waals surface area contributed by atoms with Gasteiger partial charge in [0.15, 0.2) is 8.32 Å². The molecule has 142 valence electrons. The molecule has 1 aliphatic rings. The van der Waals surface area contributed by atoms with E-state index in [4.69, 9.17) is 9.96 Å². The summed E-state index contributed by atoms with van der Waals surface area (Å²) in [4.78, 5) is 15.6. The second-order valence-corrected chi connectivity index (χ2v) is 14.7. The van der Waals surface area contributed by atoms with Crippen LogP contribution in [0.15, 0.2) is 12.2 Å². The molecule has 0 heterocycles. The first-order valence-electron chi connectivity index (χ1n) is 9.18. The summed E-state index contributed by atoms with van der Waals surface area (Å²) in [5.74, 6) is -0.146. The Labute approximate surface area is 154 Å². The molecule has 0 spiro atoms. The smallest absolute Gasteiger partial charge is 0.331 e. The van der Waals surface area contributed by atoms with Gasteiger partial charge in [0.2, 0.25) is 5.78 Å². The first-order valence-corrected chi connectivity index (χ1v) is 12.1. The summed E-state index contributed by atoms with van der Waals surface area (Å²) in [5, 5.41) is 0.106. The Balaban J connectivity index is 3.28. The van der Waals surface area contributed by atoms with Gasteiger partial charge in [-0.3, -0.25) is 4.79 Å². The quantitative estimate of drug-likeness (QED) is 0.215. The molecule has 0 aliphatic heterocycles. The molecule has 0 N–H and O–H groups in total. The molecule has 1 saturated carbocycles. The minimum atomic E-state index is -1.98. The number of Topliss-reactive ketones (excluding diaryl/α,β-unsaturated/α-hetero) is 1. The highest BCUT2D eigenvalue weighted by molar-refractivity contribution is 6.74. The van der Waals surface area contributed by atoms with Crippen LogP contribution < -0.4 is 0 Å². The average molecular weight is 365 g/mol. The molecule has 5 heteroatoms. The summed E-state index contributed by atoms with van der Waals surface area (Å²) in [7, 11) is -1.98. The fourth-order valence-electron chi connectivity index (χ4n) is 3.39. The average Bonchev–Trinajstić information content (AvgIpc) is 2.46. The van der Waals surface area contributed by atoms with Crippen LogP contribution in [0, 0.1) is 10.8 Å². The standard InChI is InChI=1S/C20H36N2O2Si/c1-14(22-21)16(23)13-20(8)15(2)19(6,7)12-11-17(20)24-25(9,10)18(3,4)5/h17H,2,11-13H2,1,3-10H3/t17-,20-/m1/s1. The number of hydrogen-bond donors (Lipinski definition) is 0. The largest absolute Gasteiger partial charge is 0.413 e. The number of carbonyl (C=O) groups excluding carboxylic acids is 1. The zero-order chi connectivity index (χ0) is 19.8. The molecule has 1 aliphatic carbocycles. The summed E-state index contributed by atoms with van der Waals surface area (Å²) < 4.78 is 6.76. The van der Waals surface area contributed by atoms with Gasteiger partial charge < -0.3 is 9.96 Å². The zero-order valence-corrected chi connectivity index (χ0v) is 18.6. The van der Waals surface area contributed by atoms with Crippen LogP contribution in [0.1, 0.15) is 67.7 Å². The van der Waals surface area contributed by atoms with Crippen LogP contribution in [-0.4, -0.2) is 30.7 Å². The summed E-state index contributed by atoms with van der Waals surface area (Å²) >= 11 is 0. The lowest BCUT2D eigenvalue weighted by Gasteiger charge is -2.53. The van der Waals surface area contributed by atoms with Crippen molar-refractivity contribution in [3.63, 3.8) is 0 Å². The number of nitrogens with zero attached hydrogens (tertiary/aromatic N) is 2. The lowest BCUT2D eigenvalue weighted by molar-refractivity contribution is -0.121. The van der Waals surface area contributed by atoms with Crippen molar-refractivity contribution in [1.82, 2.24) is 0 Å². The van der Waals surface area contributed by atoms with E-state index in [9.17, 15) is 4.79 Å². The third kappa shape index (κ3) is 4.39. The van der Waals surface area contributed by atoms with E-state index in [2.05, 4.69) is 66.0 Å². The van der Waals surface area contributed by atoms with Gasteiger partial charge in [-0.2, -0.15) is 4.79 Å². The van der Waals surface area contributed by atoms with Gasteiger partial charge in [0.1, 0.15) is 0 Å². The van der Waals surface area contributed by atoms with E-state index in [1.807, 2.05) is 0 Å². The van der Waals surface area contributed by atoms with Gasteiger partial charge in [-0.05, 0) is 36.4 Å². The van der Waals surface area contributed by atoms with Crippen molar-refractivity contribution >= 4 is 19.8 Å². The molecule has 2 atom stereocenters. The highest BCUT2D eigenvalue weighted by Gasteiger charge is 2.52. The van der Waals surface area contributed by atoms with Crippen LogP contribution >= 0.6 is 0 Å². The summed E-state index contributed by atoms with van der Waals surface area (Å²) in [5.41, 5.74) is 9.68. The van der Waals surface area contributed by atoms with Gasteiger partial charge in [0.05, 0.1) is 6.10 Å². The fraction of sp³-hybridized carbons (Fsp3) is 0.800. The lowest BCUT2D eigenvalue weighted by Crippen LogP contribution is -2.53. The molecule has 0 bridgehead atoms. The summed E-state index contributed by atoms with van der Waals surface area (Å²) in [6.45, 7) is 23.6. The molecule has 0 unspecified atom stereocenters. The van der Waals surface area contributed by atoms with Crippen LogP contribution in [-0.2, 0) is 9.22 Å². The van der Waals surface area contributed by atoms with Crippen molar-refractivity contribution in [3.05, 3.63) is 17.7 Å². The van der Waals surface area contributed by atoms with Crippen LogP contribution in [0.4, 0.5) is 0 Å². The molecule has 0 radical (unpaired) electrons. The summed E-state index contributed by atoms with van der Waals surface area (Å²) in [6.07, 6.45) is 2.15. The van der Waals surface area contributed by atoms with E-state index in [-0.39, 0.29) is 34.5 Å². The van der Waals surface area contributed by atoms with E-state index < -0.39 is 13.7 Å². The Bertz CT molecular complexity index is 610. The molecule has 1 rings (SSSR count). The van der Waals surface area contributed by atoms with Crippen LogP contribution in [0.2, 0.25) is 18.1 Å². The SMILES string of the molecule is C=C1C(C)(C)CC[C@@H](O[Si](C)(C)C(C)(C)C)[C@]1(C)CC(=O)C(C)=[N+]=[N-]. The normalized spacial score (nSPS) is 26.9. The molecule has 0 aromatic rings. The van der Waals surface area contributed by atoms with E-state index >= 15 is 0 Å². The third-order valence-corrected chi connectivity index (χ3v) is 11.1. The summed E-state index contributed by atoms with van der Waals surface area (Å²) in [6, 6.07) is 0. The number of carbonyl (C=O) groups is 1. The Morgan fingerprint density at radius 1 is 1.36 bits per heavy atom. The maximum atomic E-state index is 12.5. The van der Waals surface area contributed by atoms with Crippen LogP contribution in [0.3, 0.4) is 0 Å². The van der Waals surface area contributed by atoms with Gasteiger partial charge in [-0.15, -0.1) is 0 Å². The van der Waals surface area contributed by atoms with Crippen molar-refractivity contribution in [2.75, 3.05) is 0 Å². The van der Waals surface area contributed by atoms with Crippen molar-refractivity contribution in [2.24, 2.45) is 10.8 Å². The molecular weight excluding hydrogens is 328 g/mol. The van der Waals surface area contributed by atoms with Gasteiger partial charge in [-0.25, -0.2) is 0 Å². The Hall–Kier alpha value is -1.03. The van der Waals surface area contributed by atoms with Crippen LogP contribution in [0.5, 0.6) is 0 Å². The Kier molecular flexibility index (Phi) is 6.11. The second kappa shape index (κ2) is 6.94. The van der Waals surface area contributed by atoms with E-state index in [0.717, 1.165) is 18.4 Å². The number of ketones is 1. The van der Waals surface area contributed by atoms with Gasteiger partial charge in [0, 0.05) is 18.8 Å². The predicted octanol–water partition coefficient (Wildman–Crippen LogP) is 5.41. The highest BCUT2D eigenvalue weighted by Crippen LogP contribution is 2.54. The third-order valence-electron chi connectivity index (χ3n) is 6.57. The van der Waals surface area contributed by atoms with Crippen molar-refractivity contribution in [2.45, 2.75) is 92.0 Å². The maximum Gasteiger partial charge on any atom is 0.331 e. The molecule has 0 saturated heterocycles. The van der Waals surface area contributed by atoms with E-state index in [0.29, 0.717) is 0 Å².